The van der Waals surface area contributed by atoms with Crippen LogP contribution in [0.4, 0.5) is 13.2 Å². The first-order chi connectivity index (χ1) is 9.04. The molecule has 0 spiro atoms. The molecule has 1 aromatic rings. The largest absolute Gasteiger partial charge is 0.396 e. The van der Waals surface area contributed by atoms with Gasteiger partial charge in [0, 0.05) is 18.4 Å². The molecule has 0 N–H and O–H groups in total. The summed E-state index contributed by atoms with van der Waals surface area (Å²) in [7, 11) is -1.61. The highest BCUT2D eigenvalue weighted by molar-refractivity contribution is 7.87. The summed E-state index contributed by atoms with van der Waals surface area (Å²) in [6.45, 7) is 2.20. The highest BCUT2D eigenvalue weighted by Crippen LogP contribution is 2.19. The lowest BCUT2D eigenvalue weighted by Crippen LogP contribution is -1.98. The maximum absolute atomic E-state index is 12.6. The monoisotopic (exact) mass is 312 g/mol. The van der Waals surface area contributed by atoms with Crippen molar-refractivity contribution < 1.29 is 22.2 Å². The van der Waals surface area contributed by atoms with E-state index in [0.29, 0.717) is 11.5 Å². The molecule has 1 heterocycles. The maximum Gasteiger partial charge on any atom is 0.301 e. The Morgan fingerprint density at radius 2 is 2.32 bits per heavy atom. The summed E-state index contributed by atoms with van der Waals surface area (Å²) in [4.78, 5) is 9.22. The molecule has 0 aromatic carbocycles. The van der Waals surface area contributed by atoms with Crippen molar-refractivity contribution in [3.05, 3.63) is 23.0 Å². The lowest BCUT2D eigenvalue weighted by Gasteiger charge is -1.95. The van der Waals surface area contributed by atoms with E-state index in [1.54, 1.807) is 6.92 Å². The number of nitrogens with zero attached hydrogens (tertiary/aromatic N) is 2. The Morgan fingerprint density at radius 3 is 2.95 bits per heavy atom. The predicted molar refractivity (Wildman–Crippen MR) is 67.6 cm³/mol. The van der Waals surface area contributed by atoms with Crippen LogP contribution in [-0.2, 0) is 15.6 Å². The molecule has 1 atom stereocenters. The Balaban J connectivity index is 2.56. The molecule has 19 heavy (non-hydrogen) atoms. The average molecular weight is 312 g/mol. The van der Waals surface area contributed by atoms with E-state index in [1.165, 1.54) is 12.4 Å². The summed E-state index contributed by atoms with van der Waals surface area (Å²) in [5, 5.41) is 3.61. The standard InChI is InChI=1S/C10H11F3N2O2S2/c1-2-17-15-6-7-5-14-10(18-7)19(16)4-3-8(11)9(12)13/h5-6H,2-4H2,1H3. The summed E-state index contributed by atoms with van der Waals surface area (Å²) in [5.41, 5.74) is 0. The smallest absolute Gasteiger partial charge is 0.301 e. The van der Waals surface area contributed by atoms with Crippen LogP contribution in [0.25, 0.3) is 0 Å². The van der Waals surface area contributed by atoms with E-state index >= 15 is 0 Å². The van der Waals surface area contributed by atoms with Gasteiger partial charge in [0.1, 0.15) is 6.61 Å². The highest BCUT2D eigenvalue weighted by Gasteiger charge is 2.12. The van der Waals surface area contributed by atoms with Crippen LogP contribution >= 0.6 is 11.3 Å². The fourth-order valence-corrected chi connectivity index (χ4v) is 3.09. The fourth-order valence-electron chi connectivity index (χ4n) is 0.963. The number of thiazole rings is 1. The zero-order valence-electron chi connectivity index (χ0n) is 9.94. The number of oxime groups is 1. The van der Waals surface area contributed by atoms with E-state index in [9.17, 15) is 17.4 Å². The first-order valence-electron chi connectivity index (χ1n) is 5.23. The number of hydrogen-bond donors (Lipinski definition) is 0. The highest BCUT2D eigenvalue weighted by atomic mass is 32.2. The second-order valence-electron chi connectivity index (χ2n) is 3.15. The van der Waals surface area contributed by atoms with Gasteiger partial charge in [-0.1, -0.05) is 5.16 Å². The Labute approximate surface area is 114 Å². The Hall–Kier alpha value is -1.22. The number of halogens is 3. The minimum atomic E-state index is -2.37. The molecule has 0 amide bonds. The van der Waals surface area contributed by atoms with Gasteiger partial charge in [-0.3, -0.25) is 4.21 Å². The summed E-state index contributed by atoms with van der Waals surface area (Å²) < 4.78 is 48.1. The average Bonchev–Trinajstić information content (AvgIpc) is 2.84. The van der Waals surface area contributed by atoms with Crippen molar-refractivity contribution in [3.8, 4) is 0 Å². The van der Waals surface area contributed by atoms with Gasteiger partial charge in [0.05, 0.1) is 21.9 Å². The van der Waals surface area contributed by atoms with Gasteiger partial charge in [-0.15, -0.1) is 11.3 Å². The van der Waals surface area contributed by atoms with E-state index in [0.717, 1.165) is 11.3 Å². The van der Waals surface area contributed by atoms with Crippen molar-refractivity contribution in [3.63, 3.8) is 0 Å². The minimum absolute atomic E-state index is 0.237. The maximum atomic E-state index is 12.6. The molecule has 0 saturated carbocycles. The Kier molecular flexibility index (Phi) is 6.71. The van der Waals surface area contributed by atoms with Crippen LogP contribution in [0, 0.1) is 0 Å². The number of rotatable bonds is 7. The Morgan fingerprint density at radius 1 is 1.58 bits per heavy atom. The fraction of sp³-hybridized carbons (Fsp3) is 0.400. The molecule has 0 fully saturated rings. The van der Waals surface area contributed by atoms with Gasteiger partial charge >= 0.3 is 6.08 Å². The Bertz CT molecular complexity index is 499. The first kappa shape index (κ1) is 15.8. The molecule has 9 heteroatoms. The third-order valence-electron chi connectivity index (χ3n) is 1.79. The zero-order chi connectivity index (χ0) is 14.3. The van der Waals surface area contributed by atoms with E-state index in [1.807, 2.05) is 0 Å². The topological polar surface area (TPSA) is 51.6 Å². The second kappa shape index (κ2) is 8.05. The molecule has 1 unspecified atom stereocenters. The first-order valence-corrected chi connectivity index (χ1v) is 7.37. The van der Waals surface area contributed by atoms with Crippen LogP contribution in [-0.4, -0.2) is 27.8 Å². The molecule has 0 saturated heterocycles. The molecule has 106 valence electrons. The summed E-state index contributed by atoms with van der Waals surface area (Å²) in [5.74, 6) is -1.78. The van der Waals surface area contributed by atoms with Crippen molar-refractivity contribution in [2.24, 2.45) is 5.16 Å². The molecule has 1 aromatic heterocycles. The molecular formula is C10H11F3N2O2S2. The molecule has 0 aliphatic heterocycles. The molecule has 4 nitrogen and oxygen atoms in total. The van der Waals surface area contributed by atoms with Crippen molar-refractivity contribution in [1.29, 1.82) is 0 Å². The van der Waals surface area contributed by atoms with Crippen LogP contribution in [0.15, 0.2) is 27.6 Å². The van der Waals surface area contributed by atoms with Crippen molar-refractivity contribution in [1.82, 2.24) is 4.98 Å². The SMILES string of the molecule is CCON=Cc1cnc(S(=O)CCC(F)=C(F)F)s1. The van der Waals surface area contributed by atoms with Crippen LogP contribution in [0.2, 0.25) is 0 Å². The van der Waals surface area contributed by atoms with Crippen LogP contribution in [0.1, 0.15) is 18.2 Å². The van der Waals surface area contributed by atoms with Gasteiger partial charge in [0.15, 0.2) is 10.2 Å². The lowest BCUT2D eigenvalue weighted by molar-refractivity contribution is 0.160. The third-order valence-corrected chi connectivity index (χ3v) is 4.40. The summed E-state index contributed by atoms with van der Waals surface area (Å²) >= 11 is 1.08. The van der Waals surface area contributed by atoms with Gasteiger partial charge < -0.3 is 4.84 Å². The number of aromatic nitrogens is 1. The number of hydrogen-bond acceptors (Lipinski definition) is 5. The quantitative estimate of drug-likeness (QED) is 0.574. The van der Waals surface area contributed by atoms with Crippen LogP contribution in [0.5, 0.6) is 0 Å². The molecule has 0 radical (unpaired) electrons. The van der Waals surface area contributed by atoms with Crippen molar-refractivity contribution >= 4 is 28.4 Å². The number of allylic oxidation sites excluding steroid dienone is 1. The van der Waals surface area contributed by atoms with Gasteiger partial charge in [0.25, 0.3) is 0 Å². The van der Waals surface area contributed by atoms with Gasteiger partial charge in [-0.2, -0.15) is 8.78 Å². The molecule has 1 rings (SSSR count). The zero-order valence-corrected chi connectivity index (χ0v) is 11.6. The summed E-state index contributed by atoms with van der Waals surface area (Å²) in [6, 6.07) is 0. The minimum Gasteiger partial charge on any atom is -0.396 e. The van der Waals surface area contributed by atoms with Crippen molar-refractivity contribution in [2.45, 2.75) is 17.7 Å². The van der Waals surface area contributed by atoms with E-state index in [4.69, 9.17) is 4.84 Å². The predicted octanol–water partition coefficient (Wildman–Crippen LogP) is 3.09. The van der Waals surface area contributed by atoms with Gasteiger partial charge in [-0.05, 0) is 6.92 Å². The van der Waals surface area contributed by atoms with Crippen LogP contribution in [0.3, 0.4) is 0 Å². The van der Waals surface area contributed by atoms with Crippen molar-refractivity contribution in [2.75, 3.05) is 12.4 Å². The lowest BCUT2D eigenvalue weighted by atomic mass is 10.4. The summed E-state index contributed by atoms with van der Waals surface area (Å²) in [6.07, 6.45) is -0.108. The molecule has 0 aliphatic carbocycles. The van der Waals surface area contributed by atoms with E-state index < -0.39 is 29.1 Å². The van der Waals surface area contributed by atoms with E-state index in [-0.39, 0.29) is 10.1 Å². The molecule has 0 aliphatic rings. The van der Waals surface area contributed by atoms with Gasteiger partial charge in [-0.25, -0.2) is 9.37 Å². The van der Waals surface area contributed by atoms with Crippen LogP contribution < -0.4 is 0 Å². The third kappa shape index (κ3) is 5.52. The normalized spacial score (nSPS) is 12.6. The molecule has 0 bridgehead atoms. The van der Waals surface area contributed by atoms with E-state index in [2.05, 4.69) is 10.1 Å². The van der Waals surface area contributed by atoms with Gasteiger partial charge in [0.2, 0.25) is 0 Å². The second-order valence-corrected chi connectivity index (χ2v) is 5.95. The molecular weight excluding hydrogens is 301 g/mol.